The molecule has 0 bridgehead atoms. The summed E-state index contributed by atoms with van der Waals surface area (Å²) in [5, 5.41) is 3.57. The molecule has 0 radical (unpaired) electrons. The van der Waals surface area contributed by atoms with E-state index in [0.717, 1.165) is 37.1 Å². The van der Waals surface area contributed by atoms with Gasteiger partial charge in [-0.2, -0.15) is 18.3 Å². The Balaban J connectivity index is 1.72. The highest BCUT2D eigenvalue weighted by molar-refractivity contribution is 7.89. The molecule has 1 aliphatic carbocycles. The van der Waals surface area contributed by atoms with Crippen LogP contribution >= 0.6 is 0 Å². The number of nitrogens with one attached hydrogen (secondary N) is 1. The third-order valence-electron chi connectivity index (χ3n) is 4.14. The Hall–Kier alpha value is -1.94. The molecule has 0 aliphatic heterocycles. The van der Waals surface area contributed by atoms with Crippen LogP contribution < -0.4 is 4.72 Å². The standard InChI is InChI=1S/C16H17F4N3O2S/c1-10-8-12(17)4-5-14(10)26(24,25)21-6-7-23-13(11-2-3-11)9-15(22-23)16(18,19)20/h4-5,8-9,11,21H,2-3,6-7H2,1H3. The van der Waals surface area contributed by atoms with Crippen LogP contribution in [-0.2, 0) is 22.7 Å². The number of benzene rings is 1. The van der Waals surface area contributed by atoms with Crippen LogP contribution in [0.2, 0.25) is 0 Å². The van der Waals surface area contributed by atoms with Crippen molar-refractivity contribution in [3.05, 3.63) is 47.0 Å². The van der Waals surface area contributed by atoms with Crippen molar-refractivity contribution in [2.24, 2.45) is 0 Å². The number of aromatic nitrogens is 2. The summed E-state index contributed by atoms with van der Waals surface area (Å²) in [7, 11) is -3.90. The van der Waals surface area contributed by atoms with Gasteiger partial charge in [-0.1, -0.05) is 0 Å². The Morgan fingerprint density at radius 2 is 1.96 bits per heavy atom. The summed E-state index contributed by atoms with van der Waals surface area (Å²) in [4.78, 5) is -0.0715. The number of halogens is 4. The zero-order chi connectivity index (χ0) is 19.1. The maximum Gasteiger partial charge on any atom is 0.435 e. The minimum Gasteiger partial charge on any atom is -0.267 e. The molecule has 1 aliphatic rings. The molecule has 1 aromatic heterocycles. The molecular weight excluding hydrogens is 374 g/mol. The second-order valence-corrected chi connectivity index (χ2v) is 7.99. The van der Waals surface area contributed by atoms with Crippen LogP contribution in [0, 0.1) is 12.7 Å². The summed E-state index contributed by atoms with van der Waals surface area (Å²) in [5.41, 5.74) is -0.263. The van der Waals surface area contributed by atoms with E-state index in [1.165, 1.54) is 11.6 Å². The average Bonchev–Trinajstić information content (AvgIpc) is 3.26. The summed E-state index contributed by atoms with van der Waals surface area (Å²) in [6, 6.07) is 4.31. The van der Waals surface area contributed by atoms with Gasteiger partial charge in [-0.3, -0.25) is 4.68 Å². The summed E-state index contributed by atoms with van der Waals surface area (Å²) in [6.07, 6.45) is -2.95. The van der Waals surface area contributed by atoms with Crippen LogP contribution in [0.4, 0.5) is 17.6 Å². The van der Waals surface area contributed by atoms with Gasteiger partial charge < -0.3 is 0 Å². The number of hydrogen-bond donors (Lipinski definition) is 1. The highest BCUT2D eigenvalue weighted by Gasteiger charge is 2.37. The van der Waals surface area contributed by atoms with E-state index in [9.17, 15) is 26.0 Å². The highest BCUT2D eigenvalue weighted by atomic mass is 32.2. The van der Waals surface area contributed by atoms with Gasteiger partial charge in [0.15, 0.2) is 5.69 Å². The molecule has 0 atom stereocenters. The topological polar surface area (TPSA) is 64.0 Å². The van der Waals surface area contributed by atoms with Crippen molar-refractivity contribution in [1.29, 1.82) is 0 Å². The number of aryl methyl sites for hydroxylation is 1. The van der Waals surface area contributed by atoms with Crippen molar-refractivity contribution in [3.63, 3.8) is 0 Å². The fourth-order valence-electron chi connectivity index (χ4n) is 2.73. The monoisotopic (exact) mass is 391 g/mol. The predicted octanol–water partition coefficient (Wildman–Crippen LogP) is 3.21. The number of alkyl halides is 3. The quantitative estimate of drug-likeness (QED) is 0.770. The molecule has 2 aromatic rings. The summed E-state index contributed by atoms with van der Waals surface area (Å²) in [6.45, 7) is 1.31. The zero-order valence-electron chi connectivity index (χ0n) is 13.8. The Morgan fingerprint density at radius 3 is 2.54 bits per heavy atom. The zero-order valence-corrected chi connectivity index (χ0v) is 14.7. The number of hydrogen-bond acceptors (Lipinski definition) is 3. The third-order valence-corrected chi connectivity index (χ3v) is 5.76. The first-order chi connectivity index (χ1) is 12.1. The molecule has 5 nitrogen and oxygen atoms in total. The van der Waals surface area contributed by atoms with E-state index in [-0.39, 0.29) is 29.5 Å². The molecule has 0 amide bonds. The molecule has 1 N–H and O–H groups in total. The van der Waals surface area contributed by atoms with Crippen LogP contribution in [-0.4, -0.2) is 24.7 Å². The minimum atomic E-state index is -4.54. The number of nitrogens with zero attached hydrogens (tertiary/aromatic N) is 2. The maximum atomic E-state index is 13.1. The van der Waals surface area contributed by atoms with Crippen molar-refractivity contribution in [1.82, 2.24) is 14.5 Å². The second-order valence-electron chi connectivity index (χ2n) is 6.26. The number of sulfonamides is 1. The Bertz CT molecular complexity index is 918. The SMILES string of the molecule is Cc1cc(F)ccc1S(=O)(=O)NCCn1nc(C(F)(F)F)cc1C1CC1. The molecule has 142 valence electrons. The lowest BCUT2D eigenvalue weighted by Gasteiger charge is -2.11. The average molecular weight is 391 g/mol. The minimum absolute atomic E-state index is 0.0264. The van der Waals surface area contributed by atoms with E-state index < -0.39 is 27.7 Å². The first-order valence-corrected chi connectivity index (χ1v) is 9.47. The van der Waals surface area contributed by atoms with E-state index in [0.29, 0.717) is 5.69 Å². The van der Waals surface area contributed by atoms with Crippen molar-refractivity contribution in [2.45, 2.75) is 43.3 Å². The molecule has 1 saturated carbocycles. The molecular formula is C16H17F4N3O2S. The summed E-state index contributed by atoms with van der Waals surface area (Å²) in [5.74, 6) is -0.513. The van der Waals surface area contributed by atoms with Gasteiger partial charge in [0.1, 0.15) is 5.82 Å². The van der Waals surface area contributed by atoms with Crippen molar-refractivity contribution < 1.29 is 26.0 Å². The smallest absolute Gasteiger partial charge is 0.267 e. The fourth-order valence-corrected chi connectivity index (χ4v) is 3.98. The molecule has 0 spiro atoms. The lowest BCUT2D eigenvalue weighted by molar-refractivity contribution is -0.141. The number of rotatable bonds is 6. The van der Waals surface area contributed by atoms with Gasteiger partial charge in [0, 0.05) is 18.2 Å². The van der Waals surface area contributed by atoms with Gasteiger partial charge in [-0.15, -0.1) is 0 Å². The van der Waals surface area contributed by atoms with Gasteiger partial charge in [0.2, 0.25) is 10.0 Å². The highest BCUT2D eigenvalue weighted by Crippen LogP contribution is 2.42. The molecule has 1 aromatic carbocycles. The third kappa shape index (κ3) is 4.07. The lowest BCUT2D eigenvalue weighted by atomic mass is 10.2. The van der Waals surface area contributed by atoms with Crippen LogP contribution in [0.15, 0.2) is 29.2 Å². The Kier molecular flexibility index (Phi) is 4.82. The van der Waals surface area contributed by atoms with Gasteiger partial charge in [-0.25, -0.2) is 17.5 Å². The van der Waals surface area contributed by atoms with Gasteiger partial charge in [-0.05, 0) is 49.6 Å². The normalized spacial score (nSPS) is 15.4. The molecule has 26 heavy (non-hydrogen) atoms. The lowest BCUT2D eigenvalue weighted by Crippen LogP contribution is -2.28. The fraction of sp³-hybridized carbons (Fsp3) is 0.438. The van der Waals surface area contributed by atoms with Crippen molar-refractivity contribution >= 4 is 10.0 Å². The van der Waals surface area contributed by atoms with E-state index in [2.05, 4.69) is 9.82 Å². The van der Waals surface area contributed by atoms with Crippen LogP contribution in [0.5, 0.6) is 0 Å². The van der Waals surface area contributed by atoms with Crippen LogP contribution in [0.1, 0.15) is 35.7 Å². The summed E-state index contributed by atoms with van der Waals surface area (Å²) >= 11 is 0. The maximum absolute atomic E-state index is 13.1. The molecule has 0 saturated heterocycles. The van der Waals surface area contributed by atoms with Crippen molar-refractivity contribution in [2.75, 3.05) is 6.54 Å². The second kappa shape index (κ2) is 6.66. The molecule has 1 heterocycles. The largest absolute Gasteiger partial charge is 0.435 e. The van der Waals surface area contributed by atoms with Crippen molar-refractivity contribution in [3.8, 4) is 0 Å². The van der Waals surface area contributed by atoms with Gasteiger partial charge in [0.05, 0.1) is 11.4 Å². The van der Waals surface area contributed by atoms with Gasteiger partial charge >= 0.3 is 6.18 Å². The predicted molar refractivity (Wildman–Crippen MR) is 85.5 cm³/mol. The first kappa shape index (κ1) is 18.8. The van der Waals surface area contributed by atoms with E-state index >= 15 is 0 Å². The molecule has 10 heteroatoms. The molecule has 1 fully saturated rings. The Labute approximate surface area is 148 Å². The summed E-state index contributed by atoms with van der Waals surface area (Å²) < 4.78 is 79.8. The first-order valence-electron chi connectivity index (χ1n) is 7.99. The van der Waals surface area contributed by atoms with Crippen LogP contribution in [0.3, 0.4) is 0 Å². The van der Waals surface area contributed by atoms with E-state index in [4.69, 9.17) is 0 Å². The van der Waals surface area contributed by atoms with Crippen LogP contribution in [0.25, 0.3) is 0 Å². The Morgan fingerprint density at radius 1 is 1.27 bits per heavy atom. The van der Waals surface area contributed by atoms with Gasteiger partial charge in [0.25, 0.3) is 0 Å². The molecule has 0 unspecified atom stereocenters. The van der Waals surface area contributed by atoms with E-state index in [1.54, 1.807) is 0 Å². The molecule has 3 rings (SSSR count). The van der Waals surface area contributed by atoms with E-state index in [1.807, 2.05) is 0 Å².